The second kappa shape index (κ2) is 6.59. The van der Waals surface area contributed by atoms with E-state index >= 15 is 0 Å². The summed E-state index contributed by atoms with van der Waals surface area (Å²) in [5.74, 6) is 1.20. The highest BCUT2D eigenvalue weighted by Gasteiger charge is 2.27. The van der Waals surface area contributed by atoms with Crippen LogP contribution in [0.25, 0.3) is 0 Å². The normalized spacial score (nSPS) is 20.4. The van der Waals surface area contributed by atoms with E-state index in [-0.39, 0.29) is 11.9 Å². The van der Waals surface area contributed by atoms with Crippen LogP contribution in [0, 0.1) is 0 Å². The second-order valence-corrected chi connectivity index (χ2v) is 4.80. The number of carbonyl (C=O) groups is 1. The van der Waals surface area contributed by atoms with Crippen LogP contribution < -0.4 is 5.32 Å². The Bertz CT molecular complexity index is 362. The summed E-state index contributed by atoms with van der Waals surface area (Å²) in [5.41, 5.74) is 0. The van der Waals surface area contributed by atoms with E-state index in [1.165, 1.54) is 0 Å². The zero-order valence-electron chi connectivity index (χ0n) is 11.0. The second-order valence-electron chi connectivity index (χ2n) is 4.80. The topological polar surface area (TPSA) is 45.5 Å². The van der Waals surface area contributed by atoms with Gasteiger partial charge in [0.1, 0.15) is 5.76 Å². The molecule has 1 N–H and O–H groups in total. The van der Waals surface area contributed by atoms with Crippen LogP contribution in [0.3, 0.4) is 0 Å². The van der Waals surface area contributed by atoms with E-state index in [0.717, 1.165) is 51.1 Å². The number of rotatable bonds is 6. The number of nitrogens with zero attached hydrogens (tertiary/aromatic N) is 1. The predicted octanol–water partition coefficient (Wildman–Crippen LogP) is 1.81. The molecule has 2 rings (SSSR count). The molecule has 4 nitrogen and oxygen atoms in total. The van der Waals surface area contributed by atoms with Crippen LogP contribution in [0.2, 0.25) is 0 Å². The third-order valence-electron chi connectivity index (χ3n) is 3.38. The van der Waals surface area contributed by atoms with Gasteiger partial charge in [-0.05, 0) is 37.9 Å². The Morgan fingerprint density at radius 2 is 2.44 bits per heavy atom. The number of carbonyl (C=O) groups excluding carboxylic acids is 1. The first-order valence-corrected chi connectivity index (χ1v) is 6.86. The number of hydrogen-bond acceptors (Lipinski definition) is 3. The van der Waals surface area contributed by atoms with E-state index in [1.54, 1.807) is 6.26 Å². The molecule has 4 heteroatoms. The monoisotopic (exact) mass is 250 g/mol. The van der Waals surface area contributed by atoms with E-state index in [4.69, 9.17) is 4.42 Å². The molecule has 1 aliphatic rings. The summed E-state index contributed by atoms with van der Waals surface area (Å²) in [5, 5.41) is 3.33. The van der Waals surface area contributed by atoms with Crippen molar-refractivity contribution in [3.63, 3.8) is 0 Å². The molecule has 0 spiro atoms. The number of amides is 1. The highest BCUT2D eigenvalue weighted by molar-refractivity contribution is 5.82. The van der Waals surface area contributed by atoms with Gasteiger partial charge >= 0.3 is 0 Å². The molecule has 0 radical (unpaired) electrons. The smallest absolute Gasteiger partial charge is 0.239 e. The minimum Gasteiger partial charge on any atom is -0.469 e. The first-order valence-electron chi connectivity index (χ1n) is 6.86. The van der Waals surface area contributed by atoms with Crippen molar-refractivity contribution in [2.75, 3.05) is 19.6 Å². The molecule has 100 valence electrons. The first-order chi connectivity index (χ1) is 8.81. The van der Waals surface area contributed by atoms with Crippen molar-refractivity contribution in [1.29, 1.82) is 0 Å². The van der Waals surface area contributed by atoms with E-state index in [2.05, 4.69) is 12.2 Å². The van der Waals surface area contributed by atoms with Crippen molar-refractivity contribution >= 4 is 5.91 Å². The lowest BCUT2D eigenvalue weighted by atomic mass is 10.0. The summed E-state index contributed by atoms with van der Waals surface area (Å²) in [4.78, 5) is 14.2. The molecule has 1 saturated heterocycles. The standard InChI is InChI=1S/C14H22N2O2/c1-2-8-15-13-6-3-9-16(14(13)17)10-7-12-5-4-11-18-12/h4-5,11,13,15H,2-3,6-10H2,1H3. The largest absolute Gasteiger partial charge is 0.469 e. The Kier molecular flexibility index (Phi) is 4.81. The van der Waals surface area contributed by atoms with Crippen molar-refractivity contribution in [2.45, 2.75) is 38.6 Å². The molecule has 0 bridgehead atoms. The molecular weight excluding hydrogens is 228 g/mol. The van der Waals surface area contributed by atoms with Crippen molar-refractivity contribution in [3.05, 3.63) is 24.2 Å². The third-order valence-corrected chi connectivity index (χ3v) is 3.38. The molecule has 0 aliphatic carbocycles. The summed E-state index contributed by atoms with van der Waals surface area (Å²) in [6, 6.07) is 3.87. The molecule has 1 aliphatic heterocycles. The van der Waals surface area contributed by atoms with Crippen LogP contribution in [0.15, 0.2) is 22.8 Å². The maximum Gasteiger partial charge on any atom is 0.239 e. The number of hydrogen-bond donors (Lipinski definition) is 1. The summed E-state index contributed by atoms with van der Waals surface area (Å²) < 4.78 is 5.30. The predicted molar refractivity (Wildman–Crippen MR) is 70.3 cm³/mol. The zero-order chi connectivity index (χ0) is 12.8. The van der Waals surface area contributed by atoms with Gasteiger partial charge in [-0.15, -0.1) is 0 Å². The van der Waals surface area contributed by atoms with Gasteiger partial charge in [0.2, 0.25) is 5.91 Å². The van der Waals surface area contributed by atoms with E-state index < -0.39 is 0 Å². The van der Waals surface area contributed by atoms with E-state index in [9.17, 15) is 4.79 Å². The first kappa shape index (κ1) is 13.1. The van der Waals surface area contributed by atoms with Crippen molar-refractivity contribution in [2.24, 2.45) is 0 Å². The van der Waals surface area contributed by atoms with Crippen LogP contribution in [0.4, 0.5) is 0 Å². The lowest BCUT2D eigenvalue weighted by Gasteiger charge is -2.32. The van der Waals surface area contributed by atoms with Crippen molar-refractivity contribution in [3.8, 4) is 0 Å². The van der Waals surface area contributed by atoms with Crippen LogP contribution in [-0.4, -0.2) is 36.5 Å². The molecule has 1 atom stereocenters. The fraction of sp³-hybridized carbons (Fsp3) is 0.643. The number of furan rings is 1. The molecular formula is C14H22N2O2. The molecule has 2 heterocycles. The van der Waals surface area contributed by atoms with Crippen LogP contribution >= 0.6 is 0 Å². The molecule has 0 saturated carbocycles. The number of piperidine rings is 1. The molecule has 1 fully saturated rings. The summed E-state index contributed by atoms with van der Waals surface area (Å²) in [6.45, 7) is 4.68. The highest BCUT2D eigenvalue weighted by atomic mass is 16.3. The Hall–Kier alpha value is -1.29. The Labute approximate surface area is 108 Å². The van der Waals surface area contributed by atoms with Gasteiger partial charge in [0.05, 0.1) is 12.3 Å². The van der Waals surface area contributed by atoms with Crippen molar-refractivity contribution in [1.82, 2.24) is 10.2 Å². The summed E-state index contributed by atoms with van der Waals surface area (Å²) in [7, 11) is 0. The number of likely N-dealkylation sites (tertiary alicyclic amines) is 1. The molecule has 1 aromatic rings. The average molecular weight is 250 g/mol. The van der Waals surface area contributed by atoms with Gasteiger partial charge in [-0.25, -0.2) is 0 Å². The maximum absolute atomic E-state index is 12.2. The minimum absolute atomic E-state index is 0.0234. The number of nitrogens with one attached hydrogen (secondary N) is 1. The zero-order valence-corrected chi connectivity index (χ0v) is 11.0. The van der Waals surface area contributed by atoms with Crippen LogP contribution in [-0.2, 0) is 11.2 Å². The van der Waals surface area contributed by atoms with Crippen molar-refractivity contribution < 1.29 is 9.21 Å². The lowest BCUT2D eigenvalue weighted by molar-refractivity contribution is -0.135. The van der Waals surface area contributed by atoms with Gasteiger partial charge in [0, 0.05) is 19.5 Å². The van der Waals surface area contributed by atoms with E-state index in [1.807, 2.05) is 17.0 Å². The van der Waals surface area contributed by atoms with Crippen LogP contribution in [0.5, 0.6) is 0 Å². The minimum atomic E-state index is 0.0234. The quantitative estimate of drug-likeness (QED) is 0.837. The molecule has 1 unspecified atom stereocenters. The SMILES string of the molecule is CCCNC1CCCN(CCc2ccco2)C1=O. The van der Waals surface area contributed by atoms with E-state index in [0.29, 0.717) is 0 Å². The van der Waals surface area contributed by atoms with Gasteiger partial charge in [0.15, 0.2) is 0 Å². The Balaban J connectivity index is 1.82. The highest BCUT2D eigenvalue weighted by Crippen LogP contribution is 2.13. The third kappa shape index (κ3) is 3.35. The fourth-order valence-corrected chi connectivity index (χ4v) is 2.37. The van der Waals surface area contributed by atoms with Gasteiger partial charge in [-0.2, -0.15) is 0 Å². The van der Waals surface area contributed by atoms with Crippen LogP contribution in [0.1, 0.15) is 31.9 Å². The van der Waals surface area contributed by atoms with Gasteiger partial charge in [0.25, 0.3) is 0 Å². The molecule has 18 heavy (non-hydrogen) atoms. The summed E-state index contributed by atoms with van der Waals surface area (Å²) >= 11 is 0. The summed E-state index contributed by atoms with van der Waals surface area (Å²) in [6.07, 6.45) is 5.61. The Morgan fingerprint density at radius 3 is 3.17 bits per heavy atom. The van der Waals surface area contributed by atoms with Gasteiger partial charge < -0.3 is 14.6 Å². The molecule has 1 amide bonds. The lowest BCUT2D eigenvalue weighted by Crippen LogP contribution is -2.51. The van der Waals surface area contributed by atoms with Gasteiger partial charge in [-0.3, -0.25) is 4.79 Å². The molecule has 1 aromatic heterocycles. The van der Waals surface area contributed by atoms with Gasteiger partial charge in [-0.1, -0.05) is 6.92 Å². The average Bonchev–Trinajstić information content (AvgIpc) is 2.89. The molecule has 0 aromatic carbocycles. The Morgan fingerprint density at radius 1 is 1.56 bits per heavy atom. The maximum atomic E-state index is 12.2. The fourth-order valence-electron chi connectivity index (χ4n) is 2.37.